The highest BCUT2D eigenvalue weighted by atomic mass is 15.3. The normalized spacial score (nSPS) is 23.1. The first-order valence-corrected chi connectivity index (χ1v) is 6.81. The Morgan fingerprint density at radius 3 is 2.72 bits per heavy atom. The summed E-state index contributed by atoms with van der Waals surface area (Å²) in [5.41, 5.74) is 3.76. The van der Waals surface area contributed by atoms with Gasteiger partial charge in [-0.25, -0.2) is 15.8 Å². The smallest absolute Gasteiger partial charge is 0.148 e. The second kappa shape index (κ2) is 6.00. The molecule has 0 bridgehead atoms. The van der Waals surface area contributed by atoms with Crippen molar-refractivity contribution in [1.82, 2.24) is 9.97 Å². The number of nitrogen functional groups attached to an aromatic ring is 1. The summed E-state index contributed by atoms with van der Waals surface area (Å²) in [5.74, 6) is 8.00. The lowest BCUT2D eigenvalue weighted by molar-refractivity contribution is 0.602. The largest absolute Gasteiger partial charge is 0.367 e. The van der Waals surface area contributed by atoms with E-state index in [4.69, 9.17) is 5.84 Å². The van der Waals surface area contributed by atoms with E-state index in [0.717, 1.165) is 36.0 Å². The van der Waals surface area contributed by atoms with Gasteiger partial charge in [0.15, 0.2) is 0 Å². The quantitative estimate of drug-likeness (QED) is 0.551. The first-order valence-electron chi connectivity index (χ1n) is 6.81. The molecule has 1 aliphatic carbocycles. The number of anilines is 2. The van der Waals surface area contributed by atoms with E-state index in [2.05, 4.69) is 34.6 Å². The maximum atomic E-state index is 5.51. The number of hydrogen-bond acceptors (Lipinski definition) is 5. The molecule has 4 N–H and O–H groups in total. The van der Waals surface area contributed by atoms with Gasteiger partial charge in [0.1, 0.15) is 18.0 Å². The van der Waals surface area contributed by atoms with Crippen molar-refractivity contribution in [3.05, 3.63) is 11.9 Å². The van der Waals surface area contributed by atoms with E-state index in [0.29, 0.717) is 6.04 Å². The predicted octanol–water partition coefficient (Wildman–Crippen LogP) is 2.32. The van der Waals surface area contributed by atoms with E-state index in [-0.39, 0.29) is 0 Å². The second-order valence-corrected chi connectivity index (χ2v) is 5.20. The van der Waals surface area contributed by atoms with Crippen LogP contribution in [0.15, 0.2) is 6.33 Å². The first-order chi connectivity index (χ1) is 8.74. The molecule has 5 heteroatoms. The van der Waals surface area contributed by atoms with Gasteiger partial charge in [-0.15, -0.1) is 0 Å². The lowest BCUT2D eigenvalue weighted by Gasteiger charge is -2.17. The highest BCUT2D eigenvalue weighted by Gasteiger charge is 2.22. The Morgan fingerprint density at radius 2 is 2.11 bits per heavy atom. The second-order valence-electron chi connectivity index (χ2n) is 5.20. The average molecular weight is 249 g/mol. The molecule has 0 saturated heterocycles. The van der Waals surface area contributed by atoms with E-state index < -0.39 is 0 Å². The van der Waals surface area contributed by atoms with Crippen molar-refractivity contribution >= 4 is 11.6 Å². The Bertz CT molecular complexity index is 393. The molecule has 0 spiro atoms. The molecule has 1 aromatic heterocycles. The van der Waals surface area contributed by atoms with Gasteiger partial charge in [-0.05, 0) is 31.6 Å². The minimum absolute atomic E-state index is 0.538. The van der Waals surface area contributed by atoms with E-state index in [9.17, 15) is 0 Å². The standard InChI is InChI=1S/C13H23N5/c1-3-4-11-12(15-8-16-13(11)18-14)17-10-6-5-9(2)7-10/h8-10H,3-7,14H2,1-2H3,(H2,15,16,17,18). The molecule has 0 radical (unpaired) electrons. The van der Waals surface area contributed by atoms with Gasteiger partial charge < -0.3 is 10.7 Å². The van der Waals surface area contributed by atoms with Crippen LogP contribution in [0.4, 0.5) is 11.6 Å². The monoisotopic (exact) mass is 249 g/mol. The van der Waals surface area contributed by atoms with Crippen molar-refractivity contribution < 1.29 is 0 Å². The summed E-state index contributed by atoms with van der Waals surface area (Å²) < 4.78 is 0. The Kier molecular flexibility index (Phi) is 4.36. The van der Waals surface area contributed by atoms with Gasteiger partial charge in [0.05, 0.1) is 0 Å². The van der Waals surface area contributed by atoms with Crippen LogP contribution in [0.5, 0.6) is 0 Å². The fourth-order valence-electron chi connectivity index (χ4n) is 2.68. The molecule has 1 saturated carbocycles. The minimum Gasteiger partial charge on any atom is -0.367 e. The van der Waals surface area contributed by atoms with Gasteiger partial charge in [0.25, 0.3) is 0 Å². The molecule has 0 aromatic carbocycles. The van der Waals surface area contributed by atoms with Crippen molar-refractivity contribution in [2.24, 2.45) is 11.8 Å². The minimum atomic E-state index is 0.538. The number of aromatic nitrogens is 2. The fraction of sp³-hybridized carbons (Fsp3) is 0.692. The average Bonchev–Trinajstić information content (AvgIpc) is 2.77. The lowest BCUT2D eigenvalue weighted by atomic mass is 10.1. The van der Waals surface area contributed by atoms with Gasteiger partial charge in [-0.1, -0.05) is 20.3 Å². The highest BCUT2D eigenvalue weighted by molar-refractivity contribution is 5.57. The number of hydrogen-bond donors (Lipinski definition) is 3. The summed E-state index contributed by atoms with van der Waals surface area (Å²) in [6.45, 7) is 4.45. The molecular formula is C13H23N5. The Morgan fingerprint density at radius 1 is 1.33 bits per heavy atom. The van der Waals surface area contributed by atoms with Gasteiger partial charge >= 0.3 is 0 Å². The molecule has 1 fully saturated rings. The van der Waals surface area contributed by atoms with Crippen LogP contribution in [-0.2, 0) is 6.42 Å². The van der Waals surface area contributed by atoms with Crippen molar-refractivity contribution in [3.8, 4) is 0 Å². The molecule has 0 amide bonds. The number of rotatable bonds is 5. The summed E-state index contributed by atoms with van der Waals surface area (Å²) in [4.78, 5) is 8.56. The van der Waals surface area contributed by atoms with Crippen LogP contribution in [0.2, 0.25) is 0 Å². The molecule has 0 aliphatic heterocycles. The Labute approximate surface area is 109 Å². The molecule has 100 valence electrons. The maximum absolute atomic E-state index is 5.51. The van der Waals surface area contributed by atoms with Gasteiger partial charge in [-0.2, -0.15) is 0 Å². The summed E-state index contributed by atoms with van der Waals surface area (Å²) in [6, 6.07) is 0.538. The molecule has 18 heavy (non-hydrogen) atoms. The predicted molar refractivity (Wildman–Crippen MR) is 74.3 cm³/mol. The fourth-order valence-corrected chi connectivity index (χ4v) is 2.68. The van der Waals surface area contributed by atoms with Crippen LogP contribution >= 0.6 is 0 Å². The number of nitrogens with two attached hydrogens (primary N) is 1. The molecule has 1 aliphatic rings. The highest BCUT2D eigenvalue weighted by Crippen LogP contribution is 2.29. The van der Waals surface area contributed by atoms with E-state index in [1.54, 1.807) is 6.33 Å². The Hall–Kier alpha value is -1.36. The van der Waals surface area contributed by atoms with Crippen LogP contribution in [-0.4, -0.2) is 16.0 Å². The third-order valence-electron chi connectivity index (χ3n) is 3.62. The van der Waals surface area contributed by atoms with Crippen molar-refractivity contribution in [2.75, 3.05) is 10.7 Å². The zero-order chi connectivity index (χ0) is 13.0. The van der Waals surface area contributed by atoms with Crippen molar-refractivity contribution in [2.45, 2.75) is 52.0 Å². The van der Waals surface area contributed by atoms with Crippen molar-refractivity contribution in [1.29, 1.82) is 0 Å². The van der Waals surface area contributed by atoms with E-state index >= 15 is 0 Å². The number of nitrogens with one attached hydrogen (secondary N) is 2. The van der Waals surface area contributed by atoms with Gasteiger partial charge in [0, 0.05) is 11.6 Å². The van der Waals surface area contributed by atoms with Gasteiger partial charge in [-0.3, -0.25) is 0 Å². The van der Waals surface area contributed by atoms with E-state index in [1.165, 1.54) is 19.3 Å². The number of hydrazine groups is 1. The summed E-state index contributed by atoms with van der Waals surface area (Å²) in [6.07, 6.45) is 7.30. The van der Waals surface area contributed by atoms with Crippen LogP contribution in [0.1, 0.15) is 45.1 Å². The molecule has 2 rings (SSSR count). The van der Waals surface area contributed by atoms with Crippen LogP contribution in [0.25, 0.3) is 0 Å². The molecular weight excluding hydrogens is 226 g/mol. The van der Waals surface area contributed by atoms with E-state index in [1.807, 2.05) is 0 Å². The summed E-state index contributed by atoms with van der Waals surface area (Å²) in [7, 11) is 0. The SMILES string of the molecule is CCCc1c(NN)ncnc1NC1CCC(C)C1. The maximum Gasteiger partial charge on any atom is 0.148 e. The molecule has 5 nitrogen and oxygen atoms in total. The molecule has 2 unspecified atom stereocenters. The molecule has 2 atom stereocenters. The Balaban J connectivity index is 2.15. The first kappa shape index (κ1) is 13.1. The summed E-state index contributed by atoms with van der Waals surface area (Å²) >= 11 is 0. The number of nitrogens with zero attached hydrogens (tertiary/aromatic N) is 2. The lowest BCUT2D eigenvalue weighted by Crippen LogP contribution is -2.20. The van der Waals surface area contributed by atoms with Crippen LogP contribution < -0.4 is 16.6 Å². The molecule has 1 aromatic rings. The zero-order valence-corrected chi connectivity index (χ0v) is 11.2. The summed E-state index contributed by atoms with van der Waals surface area (Å²) in [5, 5.41) is 3.55. The topological polar surface area (TPSA) is 75.9 Å². The van der Waals surface area contributed by atoms with Crippen molar-refractivity contribution in [3.63, 3.8) is 0 Å². The zero-order valence-electron chi connectivity index (χ0n) is 11.2. The third kappa shape index (κ3) is 2.90. The van der Waals surface area contributed by atoms with Gasteiger partial charge in [0.2, 0.25) is 0 Å². The molecule has 1 heterocycles. The van der Waals surface area contributed by atoms with Crippen LogP contribution in [0.3, 0.4) is 0 Å². The third-order valence-corrected chi connectivity index (χ3v) is 3.62. The van der Waals surface area contributed by atoms with Crippen LogP contribution in [0, 0.1) is 5.92 Å².